The summed E-state index contributed by atoms with van der Waals surface area (Å²) >= 11 is 1.39. The van der Waals surface area contributed by atoms with Gasteiger partial charge in [-0.2, -0.15) is 0 Å². The van der Waals surface area contributed by atoms with Gasteiger partial charge >= 0.3 is 0 Å². The van der Waals surface area contributed by atoms with Gasteiger partial charge in [-0.15, -0.1) is 11.3 Å². The number of aromatic nitrogens is 1. The molecule has 1 aromatic heterocycles. The third-order valence-electron chi connectivity index (χ3n) is 4.87. The molecule has 2 aromatic carbocycles. The number of nitrogens with zero attached hydrogens (tertiary/aromatic N) is 2. The van der Waals surface area contributed by atoms with Crippen LogP contribution in [0.2, 0.25) is 0 Å². The summed E-state index contributed by atoms with van der Waals surface area (Å²) in [5.41, 5.74) is 2.19. The Bertz CT molecular complexity index is 996. The average molecular weight is 396 g/mol. The van der Waals surface area contributed by atoms with Gasteiger partial charge in [-0.3, -0.25) is 4.79 Å². The molecule has 1 amide bonds. The van der Waals surface area contributed by atoms with Gasteiger partial charge in [-0.25, -0.2) is 9.37 Å². The van der Waals surface area contributed by atoms with Crippen molar-refractivity contribution in [3.63, 3.8) is 0 Å². The minimum absolute atomic E-state index is 0.0690. The van der Waals surface area contributed by atoms with Gasteiger partial charge in [0.1, 0.15) is 21.5 Å². The molecule has 144 valence electrons. The Morgan fingerprint density at radius 2 is 1.93 bits per heavy atom. The van der Waals surface area contributed by atoms with E-state index in [9.17, 15) is 9.18 Å². The summed E-state index contributed by atoms with van der Waals surface area (Å²) in [6, 6.07) is 14.4. The number of halogens is 1. The molecule has 1 saturated carbocycles. The Hall–Kier alpha value is -2.73. The van der Waals surface area contributed by atoms with Crippen LogP contribution in [0.15, 0.2) is 48.5 Å². The van der Waals surface area contributed by atoms with Crippen LogP contribution in [-0.2, 0) is 6.54 Å². The Balaban J connectivity index is 1.60. The SMILES string of the molecule is COc1ccc(-c2nc(C)c(C(=O)N(Cc3ccccc3F)C3CC3)s2)cc1. The molecule has 1 aliphatic carbocycles. The molecular weight excluding hydrogens is 375 g/mol. The van der Waals surface area contributed by atoms with Crippen molar-refractivity contribution in [3.8, 4) is 16.3 Å². The second-order valence-electron chi connectivity index (χ2n) is 6.92. The molecule has 1 aliphatic rings. The molecule has 0 atom stereocenters. The van der Waals surface area contributed by atoms with Crippen molar-refractivity contribution in [3.05, 3.63) is 70.5 Å². The zero-order valence-corrected chi connectivity index (χ0v) is 16.6. The molecule has 0 aliphatic heterocycles. The van der Waals surface area contributed by atoms with E-state index in [4.69, 9.17) is 4.74 Å². The molecule has 0 bridgehead atoms. The number of aryl methyl sites for hydroxylation is 1. The standard InChI is InChI=1S/C22H21FN2O2S/c1-14-20(28-21(24-14)15-7-11-18(27-2)12-8-15)22(26)25(17-9-10-17)13-16-5-3-4-6-19(16)23/h3-8,11-12,17H,9-10,13H2,1-2H3. The molecule has 28 heavy (non-hydrogen) atoms. The van der Waals surface area contributed by atoms with Gasteiger partial charge in [-0.05, 0) is 50.1 Å². The van der Waals surface area contributed by atoms with Crippen molar-refractivity contribution in [2.45, 2.75) is 32.4 Å². The number of rotatable bonds is 6. The van der Waals surface area contributed by atoms with Crippen molar-refractivity contribution in [2.24, 2.45) is 0 Å². The largest absolute Gasteiger partial charge is 0.497 e. The van der Waals surface area contributed by atoms with E-state index in [1.165, 1.54) is 17.4 Å². The Labute approximate surface area is 167 Å². The molecule has 4 rings (SSSR count). The zero-order valence-electron chi connectivity index (χ0n) is 15.8. The third kappa shape index (κ3) is 3.78. The van der Waals surface area contributed by atoms with Crippen molar-refractivity contribution in [2.75, 3.05) is 7.11 Å². The van der Waals surface area contributed by atoms with Crippen LogP contribution in [0.25, 0.3) is 10.6 Å². The molecule has 6 heteroatoms. The molecule has 0 unspecified atom stereocenters. The van der Waals surface area contributed by atoms with E-state index in [2.05, 4.69) is 4.98 Å². The van der Waals surface area contributed by atoms with E-state index < -0.39 is 0 Å². The number of benzene rings is 2. The lowest BCUT2D eigenvalue weighted by atomic mass is 10.2. The first kappa shape index (κ1) is 18.6. The van der Waals surface area contributed by atoms with Gasteiger partial charge < -0.3 is 9.64 Å². The molecule has 1 heterocycles. The lowest BCUT2D eigenvalue weighted by Gasteiger charge is -2.22. The van der Waals surface area contributed by atoms with Crippen molar-refractivity contribution >= 4 is 17.2 Å². The maximum atomic E-state index is 14.1. The fourth-order valence-electron chi connectivity index (χ4n) is 3.15. The summed E-state index contributed by atoms with van der Waals surface area (Å²) in [7, 11) is 1.63. The molecule has 0 radical (unpaired) electrons. The Morgan fingerprint density at radius 1 is 1.21 bits per heavy atom. The van der Waals surface area contributed by atoms with Gasteiger partial charge in [-0.1, -0.05) is 18.2 Å². The van der Waals surface area contributed by atoms with Gasteiger partial charge in [0.2, 0.25) is 0 Å². The van der Waals surface area contributed by atoms with Crippen LogP contribution < -0.4 is 4.74 Å². The van der Waals surface area contributed by atoms with Crippen molar-refractivity contribution < 1.29 is 13.9 Å². The number of amides is 1. The van der Waals surface area contributed by atoms with Gasteiger partial charge in [0, 0.05) is 23.7 Å². The van der Waals surface area contributed by atoms with Crippen LogP contribution in [0.1, 0.15) is 33.8 Å². The van der Waals surface area contributed by atoms with Gasteiger partial charge in [0.25, 0.3) is 5.91 Å². The van der Waals surface area contributed by atoms with Crippen molar-refractivity contribution in [1.82, 2.24) is 9.88 Å². The number of carbonyl (C=O) groups excluding carboxylic acids is 1. The van der Waals surface area contributed by atoms with Crippen molar-refractivity contribution in [1.29, 1.82) is 0 Å². The monoisotopic (exact) mass is 396 g/mol. The predicted molar refractivity (Wildman–Crippen MR) is 108 cm³/mol. The normalized spacial score (nSPS) is 13.4. The fourth-order valence-corrected chi connectivity index (χ4v) is 4.17. The summed E-state index contributed by atoms with van der Waals surface area (Å²) in [5.74, 6) is 0.430. The van der Waals surface area contributed by atoms with Crippen LogP contribution in [0.5, 0.6) is 5.75 Å². The number of hydrogen-bond donors (Lipinski definition) is 0. The third-order valence-corrected chi connectivity index (χ3v) is 6.07. The van der Waals surface area contributed by atoms with E-state index in [-0.39, 0.29) is 24.3 Å². The van der Waals surface area contributed by atoms with Crippen LogP contribution in [-0.4, -0.2) is 28.9 Å². The van der Waals surface area contributed by atoms with E-state index in [0.29, 0.717) is 16.1 Å². The summed E-state index contributed by atoms with van der Waals surface area (Å²) in [6.07, 6.45) is 1.92. The molecule has 0 spiro atoms. The van der Waals surface area contributed by atoms with E-state index in [0.717, 1.165) is 29.2 Å². The number of hydrogen-bond acceptors (Lipinski definition) is 4. The maximum absolute atomic E-state index is 14.1. The Kier molecular flexibility index (Phi) is 5.13. The lowest BCUT2D eigenvalue weighted by Crippen LogP contribution is -2.32. The lowest BCUT2D eigenvalue weighted by molar-refractivity contribution is 0.0732. The highest BCUT2D eigenvalue weighted by Gasteiger charge is 2.35. The van der Waals surface area contributed by atoms with Crippen LogP contribution in [0.3, 0.4) is 0 Å². The van der Waals surface area contributed by atoms with Crippen LogP contribution in [0.4, 0.5) is 4.39 Å². The summed E-state index contributed by atoms with van der Waals surface area (Å²) in [4.78, 5) is 20.3. The maximum Gasteiger partial charge on any atom is 0.266 e. The van der Waals surface area contributed by atoms with Crippen LogP contribution >= 0.6 is 11.3 Å². The highest BCUT2D eigenvalue weighted by molar-refractivity contribution is 7.17. The molecule has 3 aromatic rings. The first-order valence-corrected chi connectivity index (χ1v) is 10.0. The summed E-state index contributed by atoms with van der Waals surface area (Å²) in [6.45, 7) is 2.14. The topological polar surface area (TPSA) is 42.4 Å². The Morgan fingerprint density at radius 3 is 2.57 bits per heavy atom. The highest BCUT2D eigenvalue weighted by Crippen LogP contribution is 2.34. The van der Waals surface area contributed by atoms with E-state index in [1.807, 2.05) is 31.2 Å². The van der Waals surface area contributed by atoms with E-state index in [1.54, 1.807) is 30.2 Å². The second kappa shape index (κ2) is 7.72. The second-order valence-corrected chi connectivity index (χ2v) is 7.92. The first-order valence-electron chi connectivity index (χ1n) is 9.23. The minimum Gasteiger partial charge on any atom is -0.497 e. The quantitative estimate of drug-likeness (QED) is 0.584. The zero-order chi connectivity index (χ0) is 19.7. The summed E-state index contributed by atoms with van der Waals surface area (Å²) < 4.78 is 19.3. The molecule has 0 N–H and O–H groups in total. The first-order chi connectivity index (χ1) is 13.6. The van der Waals surface area contributed by atoms with Gasteiger partial charge in [0.05, 0.1) is 12.8 Å². The molecule has 1 fully saturated rings. The highest BCUT2D eigenvalue weighted by atomic mass is 32.1. The van der Waals surface area contributed by atoms with Crippen LogP contribution in [0, 0.1) is 12.7 Å². The molecular formula is C22H21FN2O2S. The minimum atomic E-state index is -0.277. The summed E-state index contributed by atoms with van der Waals surface area (Å²) in [5, 5.41) is 0.796. The number of thiazole rings is 1. The number of ether oxygens (including phenoxy) is 1. The molecule has 0 saturated heterocycles. The number of methoxy groups -OCH3 is 1. The average Bonchev–Trinajstić information content (AvgIpc) is 3.48. The van der Waals surface area contributed by atoms with E-state index >= 15 is 0 Å². The van der Waals surface area contributed by atoms with Gasteiger partial charge in [0.15, 0.2) is 0 Å². The smallest absolute Gasteiger partial charge is 0.266 e. The number of carbonyl (C=O) groups is 1. The molecule has 4 nitrogen and oxygen atoms in total. The predicted octanol–water partition coefficient (Wildman–Crippen LogP) is 5.07. The fraction of sp³-hybridized carbons (Fsp3) is 0.273.